The molecule has 13 heavy (non-hydrogen) atoms. The minimum atomic E-state index is -0.577. The highest BCUT2D eigenvalue weighted by molar-refractivity contribution is 9.11. The third-order valence-electron chi connectivity index (χ3n) is 1.13. The number of nitrogens with one attached hydrogen (secondary N) is 1. The monoisotopic (exact) mass is 262 g/mol. The number of hydrogen-bond donors (Lipinski definition) is 1. The number of hydrogen-bond acceptors (Lipinski definition) is 4. The predicted octanol–water partition coefficient (Wildman–Crippen LogP) is 2.20. The fourth-order valence-corrected chi connectivity index (χ4v) is 1.89. The normalized spacial score (nSPS) is 10.3. The Morgan fingerprint density at radius 1 is 1.77 bits per heavy atom. The van der Waals surface area contributed by atoms with Crippen molar-refractivity contribution in [1.29, 1.82) is 0 Å². The van der Waals surface area contributed by atoms with E-state index in [1.807, 2.05) is 12.1 Å². The van der Waals surface area contributed by atoms with E-state index >= 15 is 0 Å². The number of rotatable bonds is 2. The van der Waals surface area contributed by atoms with Crippen molar-refractivity contribution >= 4 is 39.6 Å². The quantitative estimate of drug-likeness (QED) is 0.656. The molecular weight excluding hydrogens is 256 g/mol. The summed E-state index contributed by atoms with van der Waals surface area (Å²) in [4.78, 5) is 11.5. The number of halogens is 1. The first-order chi connectivity index (χ1) is 6.22. The summed E-state index contributed by atoms with van der Waals surface area (Å²) in [5.41, 5.74) is 2.19. The highest BCUT2D eigenvalue weighted by Gasteiger charge is 1.95. The summed E-state index contributed by atoms with van der Waals surface area (Å²) < 4.78 is 5.34. The molecule has 0 atom stereocenters. The maximum Gasteiger partial charge on any atom is 0.427 e. The molecule has 1 aromatic rings. The molecule has 6 heteroatoms. The van der Waals surface area contributed by atoms with E-state index in [1.165, 1.54) is 18.4 Å². The first-order valence-electron chi connectivity index (χ1n) is 3.34. The molecule has 1 N–H and O–H groups in total. The second-order valence-corrected chi connectivity index (χ2v) is 4.50. The lowest BCUT2D eigenvalue weighted by atomic mass is 10.5. The number of nitrogens with zero attached hydrogens (tertiary/aromatic N) is 1. The smallest absolute Gasteiger partial charge is 0.427 e. The summed E-state index contributed by atoms with van der Waals surface area (Å²) >= 11 is 4.83. The highest BCUT2D eigenvalue weighted by atomic mass is 79.9. The van der Waals surface area contributed by atoms with Gasteiger partial charge in [0.1, 0.15) is 0 Å². The molecular formula is C7H7BrN2O2S. The number of carbonyl (C=O) groups excluding carboxylic acids is 1. The molecule has 0 saturated carbocycles. The zero-order valence-electron chi connectivity index (χ0n) is 6.78. The third kappa shape index (κ3) is 3.56. The van der Waals surface area contributed by atoms with Gasteiger partial charge in [-0.05, 0) is 28.1 Å². The highest BCUT2D eigenvalue weighted by Crippen LogP contribution is 2.20. The Balaban J connectivity index is 2.45. The largest absolute Gasteiger partial charge is 0.452 e. The van der Waals surface area contributed by atoms with Crippen LogP contribution in [0, 0.1) is 0 Å². The number of carbonyl (C=O) groups is 1. The first-order valence-corrected chi connectivity index (χ1v) is 4.95. The Kier molecular flexibility index (Phi) is 3.91. The summed E-state index contributed by atoms with van der Waals surface area (Å²) in [7, 11) is 1.28. The average Bonchev–Trinajstić information content (AvgIpc) is 2.51. The Bertz CT molecular complexity index is 324. The summed E-state index contributed by atoms with van der Waals surface area (Å²) in [6.07, 6.45) is 0.971. The fourth-order valence-electron chi connectivity index (χ4n) is 0.592. The molecule has 0 saturated heterocycles. The van der Waals surface area contributed by atoms with Crippen LogP contribution in [0.25, 0.3) is 0 Å². The molecule has 0 bridgehead atoms. The van der Waals surface area contributed by atoms with Crippen molar-refractivity contribution in [1.82, 2.24) is 5.43 Å². The summed E-state index contributed by atoms with van der Waals surface area (Å²) in [5, 5.41) is 3.67. The standard InChI is InChI=1S/C7H7BrN2O2S/c1-12-7(11)10-9-4-5-2-3-6(8)13-5/h2-4H,1H3,(H,10,11)/b9-4-. The molecule has 4 nitrogen and oxygen atoms in total. The van der Waals surface area contributed by atoms with Crippen molar-refractivity contribution in [3.8, 4) is 0 Å². The van der Waals surface area contributed by atoms with Gasteiger partial charge in [0, 0.05) is 4.88 Å². The van der Waals surface area contributed by atoms with Crippen LogP contribution in [0.2, 0.25) is 0 Å². The van der Waals surface area contributed by atoms with Crippen molar-refractivity contribution < 1.29 is 9.53 Å². The van der Waals surface area contributed by atoms with E-state index < -0.39 is 6.09 Å². The van der Waals surface area contributed by atoms with Gasteiger partial charge in [-0.3, -0.25) is 0 Å². The minimum absolute atomic E-state index is 0.577. The second kappa shape index (κ2) is 4.98. The Morgan fingerprint density at radius 2 is 2.54 bits per heavy atom. The molecule has 0 aliphatic carbocycles. The zero-order valence-corrected chi connectivity index (χ0v) is 9.18. The summed E-state index contributed by atoms with van der Waals surface area (Å²) in [5.74, 6) is 0. The van der Waals surface area contributed by atoms with Crippen molar-refractivity contribution in [2.75, 3.05) is 7.11 Å². The van der Waals surface area contributed by atoms with E-state index in [-0.39, 0.29) is 0 Å². The van der Waals surface area contributed by atoms with Crippen molar-refractivity contribution in [3.05, 3.63) is 20.8 Å². The van der Waals surface area contributed by atoms with E-state index in [9.17, 15) is 4.79 Å². The van der Waals surface area contributed by atoms with E-state index in [2.05, 4.69) is 31.2 Å². The van der Waals surface area contributed by atoms with Gasteiger partial charge < -0.3 is 4.74 Å². The van der Waals surface area contributed by atoms with Crippen LogP contribution in [0.4, 0.5) is 4.79 Å². The van der Waals surface area contributed by atoms with Gasteiger partial charge in [-0.25, -0.2) is 10.2 Å². The van der Waals surface area contributed by atoms with Crippen molar-refractivity contribution in [2.24, 2.45) is 5.10 Å². The van der Waals surface area contributed by atoms with Gasteiger partial charge in [0.15, 0.2) is 0 Å². The van der Waals surface area contributed by atoms with Gasteiger partial charge in [0.2, 0.25) is 0 Å². The molecule has 0 aliphatic heterocycles. The Hall–Kier alpha value is -0.880. The van der Waals surface area contributed by atoms with Crippen LogP contribution in [0.15, 0.2) is 21.0 Å². The number of ether oxygens (including phenoxy) is 1. The van der Waals surface area contributed by atoms with Crippen LogP contribution in [0.5, 0.6) is 0 Å². The SMILES string of the molecule is COC(=O)N/N=C\c1ccc(Br)s1. The predicted molar refractivity (Wildman–Crippen MR) is 55.2 cm³/mol. The first kappa shape index (κ1) is 10.2. The van der Waals surface area contributed by atoms with Gasteiger partial charge in [-0.2, -0.15) is 5.10 Å². The van der Waals surface area contributed by atoms with Crippen LogP contribution in [0.3, 0.4) is 0 Å². The van der Waals surface area contributed by atoms with Gasteiger partial charge in [0.05, 0.1) is 17.1 Å². The molecule has 1 rings (SSSR count). The number of amides is 1. The van der Waals surface area contributed by atoms with Crippen LogP contribution < -0.4 is 5.43 Å². The van der Waals surface area contributed by atoms with Crippen LogP contribution >= 0.6 is 27.3 Å². The van der Waals surface area contributed by atoms with Crippen molar-refractivity contribution in [3.63, 3.8) is 0 Å². The van der Waals surface area contributed by atoms with E-state index in [4.69, 9.17) is 0 Å². The third-order valence-corrected chi connectivity index (χ3v) is 2.69. The van der Waals surface area contributed by atoms with E-state index in [0.717, 1.165) is 8.66 Å². The molecule has 0 aliphatic rings. The molecule has 70 valence electrons. The number of thiophene rings is 1. The molecule has 0 spiro atoms. The Labute approximate surface area is 87.7 Å². The minimum Gasteiger partial charge on any atom is -0.452 e. The lowest BCUT2D eigenvalue weighted by Gasteiger charge is -1.93. The second-order valence-electron chi connectivity index (χ2n) is 2.00. The molecule has 1 amide bonds. The van der Waals surface area contributed by atoms with Gasteiger partial charge in [-0.1, -0.05) is 0 Å². The van der Waals surface area contributed by atoms with Crippen molar-refractivity contribution in [2.45, 2.75) is 0 Å². The van der Waals surface area contributed by atoms with Gasteiger partial charge in [0.25, 0.3) is 0 Å². The fraction of sp³-hybridized carbons (Fsp3) is 0.143. The lowest BCUT2D eigenvalue weighted by molar-refractivity contribution is 0.171. The molecule has 0 radical (unpaired) electrons. The van der Waals surface area contributed by atoms with Gasteiger partial charge >= 0.3 is 6.09 Å². The molecule has 0 aromatic carbocycles. The van der Waals surface area contributed by atoms with E-state index in [1.54, 1.807) is 6.21 Å². The molecule has 0 unspecified atom stereocenters. The molecule has 1 heterocycles. The summed E-state index contributed by atoms with van der Waals surface area (Å²) in [6.45, 7) is 0. The maximum atomic E-state index is 10.6. The zero-order chi connectivity index (χ0) is 9.68. The number of hydrazone groups is 1. The molecule has 0 fully saturated rings. The van der Waals surface area contributed by atoms with Crippen LogP contribution in [-0.2, 0) is 4.74 Å². The lowest BCUT2D eigenvalue weighted by Crippen LogP contribution is -2.16. The average molecular weight is 263 g/mol. The van der Waals surface area contributed by atoms with Crippen LogP contribution in [0.1, 0.15) is 4.88 Å². The number of methoxy groups -OCH3 is 1. The van der Waals surface area contributed by atoms with E-state index in [0.29, 0.717) is 0 Å². The summed E-state index contributed by atoms with van der Waals surface area (Å²) in [6, 6.07) is 3.79. The van der Waals surface area contributed by atoms with Crippen LogP contribution in [-0.4, -0.2) is 19.4 Å². The molecule has 1 aromatic heterocycles. The van der Waals surface area contributed by atoms with Gasteiger partial charge in [-0.15, -0.1) is 11.3 Å². The topological polar surface area (TPSA) is 50.7 Å². The maximum absolute atomic E-state index is 10.6. The Morgan fingerprint density at radius 3 is 3.08 bits per heavy atom.